The summed E-state index contributed by atoms with van der Waals surface area (Å²) in [5.41, 5.74) is 28.1. The van der Waals surface area contributed by atoms with E-state index in [0.29, 0.717) is 36.1 Å². The van der Waals surface area contributed by atoms with Crippen molar-refractivity contribution in [1.82, 2.24) is 20.3 Å². The van der Waals surface area contributed by atoms with E-state index < -0.39 is 7.12 Å². The molecule has 5 N–H and O–H groups in total. The number of pyridine rings is 3. The van der Waals surface area contributed by atoms with Gasteiger partial charge in [-0.1, -0.05) is 186 Å². The average Bonchev–Trinajstić information content (AvgIpc) is 0.786. The van der Waals surface area contributed by atoms with E-state index in [1.54, 1.807) is 60.9 Å². The Hall–Kier alpha value is -14.9. The quantitative estimate of drug-likeness (QED) is 0.0322. The van der Waals surface area contributed by atoms with Gasteiger partial charge >= 0.3 is 7.12 Å². The second-order valence-electron chi connectivity index (χ2n) is 36.5. The maximum atomic E-state index is 13.7. The van der Waals surface area contributed by atoms with E-state index in [4.69, 9.17) is 19.5 Å². The fourth-order valence-electron chi connectivity index (χ4n) is 20.0. The van der Waals surface area contributed by atoms with E-state index >= 15 is 0 Å². The summed E-state index contributed by atoms with van der Waals surface area (Å²) in [6.45, 7) is 6.72. The fraction of sp³-hybridized carbons (Fsp3) is 0.189. The van der Waals surface area contributed by atoms with Gasteiger partial charge in [0.2, 0.25) is 0 Å². The van der Waals surface area contributed by atoms with Crippen LogP contribution in [0.4, 0.5) is 40.3 Å². The highest BCUT2D eigenvalue weighted by Gasteiger charge is 2.34. The molecule has 8 heterocycles. The van der Waals surface area contributed by atoms with E-state index in [9.17, 15) is 27.8 Å². The first-order chi connectivity index (χ1) is 69.5. The lowest BCUT2D eigenvalue weighted by Gasteiger charge is -2.39. The normalized spacial score (nSPS) is 15.6. The molecule has 5 aliphatic heterocycles. The summed E-state index contributed by atoms with van der Waals surface area (Å²) in [4.78, 5) is 21.4. The highest BCUT2D eigenvalue weighted by atomic mass is 79.9. The number of phenolic OH excluding ortho intramolecular Hbond substituents is 2. The van der Waals surface area contributed by atoms with E-state index in [2.05, 4.69) is 220 Å². The number of aromatic hydroxyl groups is 2. The molecular formula is C122H112BBrF4N8O6. The van der Waals surface area contributed by atoms with Crippen molar-refractivity contribution < 1.29 is 47.3 Å². The Morgan fingerprint density at radius 3 is 0.937 bits per heavy atom. The summed E-state index contributed by atoms with van der Waals surface area (Å²) >= 11 is 3.53. The maximum Gasteiger partial charge on any atom is 0.488 e. The molecule has 142 heavy (non-hydrogen) atoms. The molecule has 0 radical (unpaired) electrons. The zero-order valence-electron chi connectivity index (χ0n) is 78.9. The number of ether oxygens (including phenoxy) is 2. The van der Waals surface area contributed by atoms with Gasteiger partial charge in [0.25, 0.3) is 0 Å². The third-order valence-electron chi connectivity index (χ3n) is 27.4. The van der Waals surface area contributed by atoms with Crippen molar-refractivity contribution in [2.24, 2.45) is 0 Å². The average molecular weight is 1950 g/mol. The molecule has 3 aromatic heterocycles. The van der Waals surface area contributed by atoms with Crippen molar-refractivity contribution >= 4 is 51.3 Å². The molecule has 1 fully saturated rings. The predicted octanol–water partition coefficient (Wildman–Crippen LogP) is 25.4. The number of aromatic nitrogens is 3. The molecular weight excluding hydrogens is 1840 g/mol. The summed E-state index contributed by atoms with van der Waals surface area (Å²) in [6, 6.07) is 119. The standard InChI is InChI=1S/C34H29FN2O.C29H25BrFNO.C27H29FN2O.C27H23FN2O.C5H6BNO2/c35-30-10-12-31(13-11-30)37-21-18-29-23-32(38-24-26-4-2-1-3-5-26)14-15-33(29)34(37)22-25-6-8-27(9-7-25)28-16-19-36-20-17-28;30-24-8-6-21(7-9-24)18-29-28-15-14-27(33-20-22-4-2-1-3-5-22)19-23(28)16-17-32(29)26-12-10-25(31)11-13-26;2*28-23-5-7-24(8-6-23)30-16-13-22-18-25(31)9-10-26(22)27(30)17-19-1-3-20(4-2-19)21-11-14-29-15-12-21;8-6(9)5-1-3-7-4-2-5/h1-17,19-20,23,34H,18,21-22,24H2;1-15,19,29H,16-18,20H2;1-10,18,21,27,29,31H,11-17H2;1-12,14-15,18,27,31H,13,16-17H2;1-4,8-9H. The van der Waals surface area contributed by atoms with Crippen molar-refractivity contribution in [3.8, 4) is 45.3 Å². The van der Waals surface area contributed by atoms with Gasteiger partial charge in [-0.2, -0.15) is 0 Å². The highest BCUT2D eigenvalue weighted by Crippen LogP contribution is 2.44. The third kappa shape index (κ3) is 25.4. The summed E-state index contributed by atoms with van der Waals surface area (Å²) in [6.07, 6.45) is 19.7. The lowest BCUT2D eigenvalue weighted by Crippen LogP contribution is -2.36. The van der Waals surface area contributed by atoms with Gasteiger partial charge in [-0.3, -0.25) is 15.0 Å². The predicted molar refractivity (Wildman–Crippen MR) is 565 cm³/mol. The number of phenols is 2. The summed E-state index contributed by atoms with van der Waals surface area (Å²) in [5.74, 6) is 2.21. The second-order valence-corrected chi connectivity index (χ2v) is 37.4. The minimum Gasteiger partial charge on any atom is -0.508 e. The summed E-state index contributed by atoms with van der Waals surface area (Å²) < 4.78 is 67.6. The zero-order valence-corrected chi connectivity index (χ0v) is 80.5. The molecule has 4 unspecified atom stereocenters. The monoisotopic (exact) mass is 1950 g/mol. The Kier molecular flexibility index (Phi) is 32.5. The molecule has 17 aromatic rings. The zero-order chi connectivity index (χ0) is 97.5. The first-order valence-corrected chi connectivity index (χ1v) is 49.4. The van der Waals surface area contributed by atoms with Crippen LogP contribution in [-0.4, -0.2) is 81.6 Å². The number of nitrogens with zero attached hydrogens (tertiary/aromatic N) is 7. The van der Waals surface area contributed by atoms with Crippen LogP contribution < -0.4 is 39.9 Å². The van der Waals surface area contributed by atoms with Crippen molar-refractivity contribution in [1.29, 1.82) is 0 Å². The lowest BCUT2D eigenvalue weighted by atomic mass is 9.81. The van der Waals surface area contributed by atoms with Crippen LogP contribution in [0.5, 0.6) is 23.0 Å². The van der Waals surface area contributed by atoms with Crippen LogP contribution in [0, 0.1) is 23.3 Å². The first-order valence-electron chi connectivity index (χ1n) is 48.6. The van der Waals surface area contributed by atoms with Gasteiger partial charge in [-0.15, -0.1) is 0 Å². The van der Waals surface area contributed by atoms with Gasteiger partial charge in [0.05, 0.1) is 24.2 Å². The summed E-state index contributed by atoms with van der Waals surface area (Å²) in [5, 5.41) is 40.5. The molecule has 22 rings (SSSR count). The molecule has 4 atom stereocenters. The van der Waals surface area contributed by atoms with Crippen LogP contribution in [0.1, 0.15) is 126 Å². The topological polar surface area (TPSA) is 163 Å². The molecule has 0 spiro atoms. The minimum absolute atomic E-state index is 0.113. The van der Waals surface area contributed by atoms with Crippen LogP contribution in [0.2, 0.25) is 0 Å². The van der Waals surface area contributed by atoms with E-state index in [-0.39, 0.29) is 47.4 Å². The molecule has 0 bridgehead atoms. The fourth-order valence-corrected chi connectivity index (χ4v) is 20.2. The van der Waals surface area contributed by atoms with Gasteiger partial charge in [0, 0.05) is 90.6 Å². The Morgan fingerprint density at radius 2 is 0.613 bits per heavy atom. The van der Waals surface area contributed by atoms with E-state index in [1.165, 1.54) is 127 Å². The van der Waals surface area contributed by atoms with Crippen molar-refractivity contribution in [3.05, 3.63) is 512 Å². The number of halogens is 5. The number of benzene rings is 14. The molecule has 14 aromatic carbocycles. The number of hydrogen-bond donors (Lipinski definition) is 5. The number of fused-ring (bicyclic) bond motifs is 4. The summed E-state index contributed by atoms with van der Waals surface area (Å²) in [7, 11) is -1.38. The Balaban J connectivity index is 0.000000121. The van der Waals surface area contributed by atoms with Crippen LogP contribution >= 0.6 is 15.9 Å². The van der Waals surface area contributed by atoms with Crippen molar-refractivity contribution in [2.75, 3.05) is 58.9 Å². The Bertz CT molecular complexity index is 6910. The lowest BCUT2D eigenvalue weighted by molar-refractivity contribution is 0.305. The van der Waals surface area contributed by atoms with Crippen LogP contribution in [0.25, 0.3) is 22.3 Å². The van der Waals surface area contributed by atoms with Gasteiger partial charge in [0.1, 0.15) is 59.5 Å². The molecule has 0 saturated carbocycles. The molecule has 14 nitrogen and oxygen atoms in total. The molecule has 20 heteroatoms. The Labute approximate surface area is 837 Å². The number of hydrogen-bond acceptors (Lipinski definition) is 14. The smallest absolute Gasteiger partial charge is 0.488 e. The second kappa shape index (κ2) is 47.4. The van der Waals surface area contributed by atoms with Crippen LogP contribution in [0.3, 0.4) is 0 Å². The molecule has 0 amide bonds. The first kappa shape index (κ1) is 97.3. The molecule has 714 valence electrons. The van der Waals surface area contributed by atoms with E-state index in [0.717, 1.165) is 157 Å². The Morgan fingerprint density at radius 1 is 0.317 bits per heavy atom. The highest BCUT2D eigenvalue weighted by molar-refractivity contribution is 9.10. The molecule has 5 aliphatic rings. The van der Waals surface area contributed by atoms with Crippen molar-refractivity contribution in [3.63, 3.8) is 0 Å². The van der Waals surface area contributed by atoms with E-state index in [1.807, 2.05) is 140 Å². The molecule has 1 saturated heterocycles. The number of anilines is 4. The largest absolute Gasteiger partial charge is 0.508 e. The van der Waals surface area contributed by atoms with Crippen molar-refractivity contribution in [2.45, 2.75) is 108 Å². The minimum atomic E-state index is -1.38. The van der Waals surface area contributed by atoms with Gasteiger partial charge < -0.3 is 54.7 Å². The molecule has 0 aliphatic carbocycles. The SMILES string of the molecule is Fc1ccc(N2CCc3cc(OCc4ccccc4)ccc3C2Cc2ccc(-c3ccncc3)cc2)cc1.Fc1ccc(N2CCc3cc(OCc4ccccc4)ccc3C2Cc2ccc(Br)cc2)cc1.OB(O)c1ccncc1.Oc1ccc2c(c1)CCN(c1ccc(F)cc1)C2Cc1ccc(-c2ccncc2)cc1.Oc1ccc2c(c1)CCN(c1ccc(F)cc1)C2Cc1ccc(C2CCNCC2)cc1. The van der Waals surface area contributed by atoms with Gasteiger partial charge in [-0.05, 0) is 389 Å². The number of rotatable bonds is 22. The number of nitrogens with one attached hydrogen (secondary N) is 1. The maximum absolute atomic E-state index is 13.7. The van der Waals surface area contributed by atoms with Crippen LogP contribution in [-0.2, 0) is 64.6 Å². The number of piperidine rings is 1. The van der Waals surface area contributed by atoms with Gasteiger partial charge in [0.15, 0.2) is 0 Å². The van der Waals surface area contributed by atoms with Gasteiger partial charge in [-0.25, -0.2) is 17.6 Å². The third-order valence-corrected chi connectivity index (χ3v) is 27.9. The van der Waals surface area contributed by atoms with Crippen LogP contribution in [0.15, 0.2) is 406 Å².